The molecule has 1 aliphatic heterocycles. The van der Waals surface area contributed by atoms with Gasteiger partial charge in [0.1, 0.15) is 11.6 Å². The van der Waals surface area contributed by atoms with Gasteiger partial charge >= 0.3 is 0 Å². The summed E-state index contributed by atoms with van der Waals surface area (Å²) in [6.45, 7) is 6.50. The number of aryl methyl sites for hydroxylation is 1. The predicted molar refractivity (Wildman–Crippen MR) is 47.1 cm³/mol. The Morgan fingerprint density at radius 1 is 1.25 bits per heavy atom. The van der Waals surface area contributed by atoms with Crippen LogP contribution in [0.3, 0.4) is 0 Å². The van der Waals surface area contributed by atoms with Crippen molar-refractivity contribution in [2.45, 2.75) is 45.6 Å². The van der Waals surface area contributed by atoms with Crippen LogP contribution in [0, 0.1) is 6.92 Å². The molecule has 12 heavy (non-hydrogen) atoms. The zero-order chi connectivity index (χ0) is 8.72. The van der Waals surface area contributed by atoms with Crippen molar-refractivity contribution in [3.63, 3.8) is 0 Å². The van der Waals surface area contributed by atoms with Crippen LogP contribution >= 0.6 is 0 Å². The van der Waals surface area contributed by atoms with E-state index in [9.17, 15) is 0 Å². The third kappa shape index (κ3) is 0.958. The summed E-state index contributed by atoms with van der Waals surface area (Å²) in [5, 5.41) is 8.31. The predicted octanol–water partition coefficient (Wildman–Crippen LogP) is 2.04. The van der Waals surface area contributed by atoms with Crippen LogP contribution in [0.5, 0.6) is 0 Å². The first-order chi connectivity index (χ1) is 5.70. The lowest BCUT2D eigenvalue weighted by Crippen LogP contribution is -2.18. The van der Waals surface area contributed by atoms with E-state index in [2.05, 4.69) is 28.6 Å². The monoisotopic (exact) mass is 165 g/mol. The Morgan fingerprint density at radius 3 is 2.67 bits per heavy atom. The van der Waals surface area contributed by atoms with Gasteiger partial charge in [-0.05, 0) is 26.7 Å². The second-order valence-corrected chi connectivity index (χ2v) is 3.80. The van der Waals surface area contributed by atoms with E-state index in [1.807, 2.05) is 6.92 Å². The van der Waals surface area contributed by atoms with Gasteiger partial charge in [-0.3, -0.25) is 0 Å². The summed E-state index contributed by atoms with van der Waals surface area (Å²) in [4.78, 5) is 0. The molecule has 1 aliphatic rings. The zero-order valence-electron chi connectivity index (χ0n) is 7.91. The van der Waals surface area contributed by atoms with Gasteiger partial charge in [0.15, 0.2) is 0 Å². The summed E-state index contributed by atoms with van der Waals surface area (Å²) in [7, 11) is 0. The van der Waals surface area contributed by atoms with Gasteiger partial charge in [-0.1, -0.05) is 6.92 Å². The summed E-state index contributed by atoms with van der Waals surface area (Å²) >= 11 is 0. The fourth-order valence-electron chi connectivity index (χ4n) is 2.02. The summed E-state index contributed by atoms with van der Waals surface area (Å²) in [6, 6.07) is 0.589. The van der Waals surface area contributed by atoms with Gasteiger partial charge in [-0.15, -0.1) is 10.2 Å². The summed E-state index contributed by atoms with van der Waals surface area (Å²) in [5.41, 5.74) is 0. The second-order valence-electron chi connectivity index (χ2n) is 3.80. The molecule has 1 aromatic heterocycles. The quantitative estimate of drug-likeness (QED) is 0.589. The van der Waals surface area contributed by atoms with E-state index >= 15 is 0 Å². The minimum Gasteiger partial charge on any atom is -0.312 e. The molecule has 0 amide bonds. The molecule has 1 aromatic rings. The number of aromatic nitrogens is 3. The van der Waals surface area contributed by atoms with Crippen LogP contribution in [0.2, 0.25) is 0 Å². The van der Waals surface area contributed by atoms with Gasteiger partial charge < -0.3 is 4.57 Å². The standard InChI is InChI=1S/C9H15N3/c1-6-4-5-7(2)12-8(3)10-11-9(6)12/h6-7H,4-5H2,1-3H3. The lowest BCUT2D eigenvalue weighted by atomic mass is 9.97. The first-order valence-electron chi connectivity index (χ1n) is 4.61. The first-order valence-corrected chi connectivity index (χ1v) is 4.61. The SMILES string of the molecule is Cc1nnc2n1C(C)CCC2C. The largest absolute Gasteiger partial charge is 0.312 e. The molecule has 2 heterocycles. The van der Waals surface area contributed by atoms with E-state index in [-0.39, 0.29) is 0 Å². The van der Waals surface area contributed by atoms with E-state index in [1.165, 1.54) is 18.7 Å². The summed E-state index contributed by atoms with van der Waals surface area (Å²) in [6.07, 6.45) is 2.51. The topological polar surface area (TPSA) is 30.7 Å². The Kier molecular flexibility index (Phi) is 1.67. The lowest BCUT2D eigenvalue weighted by molar-refractivity contribution is 0.382. The van der Waals surface area contributed by atoms with Crippen LogP contribution in [-0.4, -0.2) is 14.8 Å². The van der Waals surface area contributed by atoms with E-state index in [4.69, 9.17) is 0 Å². The Bertz CT molecular complexity index is 290. The molecule has 2 unspecified atom stereocenters. The Hall–Kier alpha value is -0.860. The molecule has 0 bridgehead atoms. The van der Waals surface area contributed by atoms with E-state index in [1.54, 1.807) is 0 Å². The molecular weight excluding hydrogens is 150 g/mol. The number of fused-ring (bicyclic) bond motifs is 1. The van der Waals surface area contributed by atoms with Gasteiger partial charge in [-0.2, -0.15) is 0 Å². The highest BCUT2D eigenvalue weighted by Crippen LogP contribution is 2.31. The van der Waals surface area contributed by atoms with Crippen molar-refractivity contribution in [3.05, 3.63) is 11.6 Å². The molecule has 0 aromatic carbocycles. The van der Waals surface area contributed by atoms with Crippen LogP contribution in [0.4, 0.5) is 0 Å². The fraction of sp³-hybridized carbons (Fsp3) is 0.778. The smallest absolute Gasteiger partial charge is 0.136 e. The van der Waals surface area contributed by atoms with E-state index in [0.717, 1.165) is 5.82 Å². The van der Waals surface area contributed by atoms with Gasteiger partial charge in [0.25, 0.3) is 0 Å². The van der Waals surface area contributed by atoms with Crippen molar-refractivity contribution < 1.29 is 0 Å². The maximum absolute atomic E-state index is 4.20. The van der Waals surface area contributed by atoms with Crippen LogP contribution in [0.1, 0.15) is 50.3 Å². The molecule has 66 valence electrons. The molecule has 0 spiro atoms. The lowest BCUT2D eigenvalue weighted by Gasteiger charge is -2.25. The molecule has 3 nitrogen and oxygen atoms in total. The number of hydrogen-bond acceptors (Lipinski definition) is 2. The van der Waals surface area contributed by atoms with E-state index < -0.39 is 0 Å². The molecule has 0 saturated heterocycles. The van der Waals surface area contributed by atoms with Crippen LogP contribution in [-0.2, 0) is 0 Å². The Labute approximate surface area is 72.8 Å². The minimum absolute atomic E-state index is 0.586. The number of hydrogen-bond donors (Lipinski definition) is 0. The molecular formula is C9H15N3. The van der Waals surface area contributed by atoms with Crippen LogP contribution in [0.25, 0.3) is 0 Å². The van der Waals surface area contributed by atoms with Crippen LogP contribution in [0.15, 0.2) is 0 Å². The molecule has 3 heteroatoms. The van der Waals surface area contributed by atoms with Crippen molar-refractivity contribution in [1.29, 1.82) is 0 Å². The van der Waals surface area contributed by atoms with Crippen molar-refractivity contribution in [1.82, 2.24) is 14.8 Å². The van der Waals surface area contributed by atoms with Crippen molar-refractivity contribution in [2.24, 2.45) is 0 Å². The maximum atomic E-state index is 4.20. The average Bonchev–Trinajstić information content (AvgIpc) is 2.42. The van der Waals surface area contributed by atoms with Crippen molar-refractivity contribution in [2.75, 3.05) is 0 Å². The number of rotatable bonds is 0. The number of nitrogens with zero attached hydrogens (tertiary/aromatic N) is 3. The van der Waals surface area contributed by atoms with Crippen LogP contribution < -0.4 is 0 Å². The molecule has 0 saturated carbocycles. The Balaban J connectivity index is 2.50. The normalized spacial score (nSPS) is 28.6. The highest BCUT2D eigenvalue weighted by atomic mass is 15.3. The molecule has 0 fully saturated rings. The molecule has 2 atom stereocenters. The average molecular weight is 165 g/mol. The summed E-state index contributed by atoms with van der Waals surface area (Å²) in [5.74, 6) is 2.82. The molecule has 0 radical (unpaired) electrons. The fourth-order valence-corrected chi connectivity index (χ4v) is 2.02. The maximum Gasteiger partial charge on any atom is 0.136 e. The van der Waals surface area contributed by atoms with Gasteiger partial charge in [-0.25, -0.2) is 0 Å². The van der Waals surface area contributed by atoms with Gasteiger partial charge in [0, 0.05) is 12.0 Å². The molecule has 0 N–H and O–H groups in total. The third-order valence-electron chi connectivity index (χ3n) is 2.79. The van der Waals surface area contributed by atoms with E-state index in [0.29, 0.717) is 12.0 Å². The van der Waals surface area contributed by atoms with Gasteiger partial charge in [0.2, 0.25) is 0 Å². The highest BCUT2D eigenvalue weighted by Gasteiger charge is 2.24. The highest BCUT2D eigenvalue weighted by molar-refractivity contribution is 5.05. The molecule has 0 aliphatic carbocycles. The van der Waals surface area contributed by atoms with Crippen molar-refractivity contribution in [3.8, 4) is 0 Å². The third-order valence-corrected chi connectivity index (χ3v) is 2.79. The zero-order valence-corrected chi connectivity index (χ0v) is 7.91. The summed E-state index contributed by atoms with van der Waals surface area (Å²) < 4.78 is 2.27. The molecule has 2 rings (SSSR count). The second kappa shape index (κ2) is 2.57. The first kappa shape index (κ1) is 7.77. The van der Waals surface area contributed by atoms with Gasteiger partial charge in [0.05, 0.1) is 0 Å². The minimum atomic E-state index is 0.586. The Morgan fingerprint density at radius 2 is 2.00 bits per heavy atom. The van der Waals surface area contributed by atoms with Crippen molar-refractivity contribution >= 4 is 0 Å².